The van der Waals surface area contributed by atoms with Crippen LogP contribution in [-0.4, -0.2) is 128 Å². The Balaban J connectivity index is 1.34. The number of hydrogen-bond donors (Lipinski definition) is 0. The van der Waals surface area contributed by atoms with Gasteiger partial charge in [0.05, 0.1) is 12.0 Å². The van der Waals surface area contributed by atoms with Crippen molar-refractivity contribution in [2.24, 2.45) is 5.92 Å². The summed E-state index contributed by atoms with van der Waals surface area (Å²) in [6.45, 7) is 7.20. The Hall–Kier alpha value is -7.57. The molecule has 24 heteroatoms. The largest absolute Gasteiger partial charge is 0.463 e. The number of halogens is 2. The molecule has 0 aliphatic carbocycles. The van der Waals surface area contributed by atoms with Crippen molar-refractivity contribution in [3.63, 3.8) is 0 Å². The molecule has 3 saturated heterocycles. The van der Waals surface area contributed by atoms with Gasteiger partial charge in [0.25, 0.3) is 0 Å². The summed E-state index contributed by atoms with van der Waals surface area (Å²) in [7, 11) is 0. The highest BCUT2D eigenvalue weighted by Gasteiger charge is 2.58. The number of amides is 1. The molecule has 0 spiro atoms. The molecule has 0 bridgehead atoms. The average molecular weight is 1070 g/mol. The van der Waals surface area contributed by atoms with Crippen LogP contribution in [0.3, 0.4) is 0 Å². The fourth-order valence-electron chi connectivity index (χ4n) is 9.05. The van der Waals surface area contributed by atoms with Gasteiger partial charge in [0.1, 0.15) is 55.0 Å². The first-order chi connectivity index (χ1) is 36.0. The number of nitrogens with zero attached hydrogens (tertiary/aromatic N) is 1. The molecule has 410 valence electrons. The van der Waals surface area contributed by atoms with Gasteiger partial charge in [-0.2, -0.15) is 0 Å². The molecule has 3 aromatic rings. The third-order valence-corrected chi connectivity index (χ3v) is 12.0. The highest BCUT2D eigenvalue weighted by Crippen LogP contribution is 2.47. The topological polar surface area (TPSA) is 268 Å². The third-order valence-electron chi connectivity index (χ3n) is 12.0. The molecular formula is C52H57F2NO21. The van der Waals surface area contributed by atoms with E-state index in [4.69, 9.17) is 56.8 Å². The summed E-state index contributed by atoms with van der Waals surface area (Å²) in [4.78, 5) is 115. The molecule has 3 aliphatic rings. The number of carbonyl (C=O) groups is 9. The lowest BCUT2D eigenvalue weighted by atomic mass is 9.78. The zero-order chi connectivity index (χ0) is 55.5. The summed E-state index contributed by atoms with van der Waals surface area (Å²) in [6, 6.07) is 16.3. The van der Waals surface area contributed by atoms with E-state index in [0.717, 1.165) is 48.5 Å². The number of rotatable bonds is 20. The minimum absolute atomic E-state index is 0.0550. The molecule has 76 heavy (non-hydrogen) atoms. The van der Waals surface area contributed by atoms with Crippen molar-refractivity contribution in [3.05, 3.63) is 95.6 Å². The summed E-state index contributed by atoms with van der Waals surface area (Å²) >= 11 is 0. The molecule has 6 rings (SSSR count). The van der Waals surface area contributed by atoms with E-state index in [1.807, 2.05) is 0 Å². The summed E-state index contributed by atoms with van der Waals surface area (Å²) in [5.41, 5.74) is 1.47. The molecule has 0 radical (unpaired) electrons. The SMILES string of the molecule is CC(=O)OC[C@H]1O[C@@H](O[C@H]2[C@H](OC(C)=O)[C@@H](OC(C)=O)[C@H](Oc3ccc([C@@H]4[C@@H](CC[C@H](OC(C)=O)c5ccc(F)cc5)C(=O)N4c4ccc(F)cc4)cc3)O[C@@H]2COC(C)=O)[C@H](OC(C)=O)[C@@H](OC(C)=O)[C@@H]1OC(C)=O. The van der Waals surface area contributed by atoms with Crippen LogP contribution in [0, 0.1) is 17.6 Å². The molecule has 3 aliphatic heterocycles. The molecular weight excluding hydrogens is 1010 g/mol. The van der Waals surface area contributed by atoms with Gasteiger partial charge in [0, 0.05) is 61.1 Å². The Morgan fingerprint density at radius 3 is 1.47 bits per heavy atom. The molecule has 0 unspecified atom stereocenters. The molecule has 0 saturated carbocycles. The maximum absolute atomic E-state index is 14.1. The first kappa shape index (κ1) is 57.7. The first-order valence-corrected chi connectivity index (χ1v) is 23.9. The second-order valence-electron chi connectivity index (χ2n) is 17.8. The lowest BCUT2D eigenvalue weighted by Gasteiger charge is -2.48. The van der Waals surface area contributed by atoms with Crippen LogP contribution >= 0.6 is 0 Å². The molecule has 22 nitrogen and oxygen atoms in total. The second-order valence-corrected chi connectivity index (χ2v) is 17.8. The number of β-lactam (4-membered cyclic amide) rings is 1. The Kier molecular flexibility index (Phi) is 19.6. The van der Waals surface area contributed by atoms with E-state index in [0.29, 0.717) is 16.8 Å². The van der Waals surface area contributed by atoms with Crippen molar-refractivity contribution in [2.75, 3.05) is 18.1 Å². The predicted octanol–water partition coefficient (Wildman–Crippen LogP) is 4.75. The van der Waals surface area contributed by atoms with Crippen LogP contribution < -0.4 is 9.64 Å². The second kappa shape index (κ2) is 25.8. The lowest BCUT2D eigenvalue weighted by Crippen LogP contribution is -2.67. The highest BCUT2D eigenvalue weighted by molar-refractivity contribution is 6.03. The van der Waals surface area contributed by atoms with Gasteiger partial charge in [-0.15, -0.1) is 0 Å². The van der Waals surface area contributed by atoms with E-state index in [-0.39, 0.29) is 24.5 Å². The van der Waals surface area contributed by atoms with E-state index < -0.39 is 152 Å². The van der Waals surface area contributed by atoms with Gasteiger partial charge in [-0.3, -0.25) is 43.2 Å². The fraction of sp³-hybridized carbons (Fsp3) is 0.481. The molecule has 13 atom stereocenters. The zero-order valence-electron chi connectivity index (χ0n) is 42.5. The van der Waals surface area contributed by atoms with Crippen LogP contribution in [0.1, 0.15) is 91.5 Å². The van der Waals surface area contributed by atoms with Crippen LogP contribution in [0.25, 0.3) is 0 Å². The number of esters is 8. The van der Waals surface area contributed by atoms with E-state index in [9.17, 15) is 51.9 Å². The summed E-state index contributed by atoms with van der Waals surface area (Å²) in [6.07, 6.45) is -17.3. The van der Waals surface area contributed by atoms with Crippen molar-refractivity contribution in [3.8, 4) is 5.75 Å². The van der Waals surface area contributed by atoms with E-state index in [2.05, 4.69) is 0 Å². The summed E-state index contributed by atoms with van der Waals surface area (Å²) in [5, 5.41) is 0. The molecule has 0 N–H and O–H groups in total. The number of benzene rings is 3. The Bertz CT molecular complexity index is 2600. The predicted molar refractivity (Wildman–Crippen MR) is 251 cm³/mol. The molecule has 1 amide bonds. The van der Waals surface area contributed by atoms with Crippen LogP contribution in [0.15, 0.2) is 72.8 Å². The average Bonchev–Trinajstić information content (AvgIpc) is 3.33. The maximum atomic E-state index is 14.1. The standard InChI is InChI=1S/C52H57F2NO21/c1-25(56)65-23-41-44(68-28(4)59)46(69-29(5)60)49(72-32(8)63)52(75-41)76-45-42(24-66-26(2)57)74-51(48(71-31(7)62)47(45)70-30(6)61)73-38-19-11-34(12-20-38)43-39(50(64)55(43)37-17-15-36(54)16-18-37)21-22-40(67-27(3)58)33-9-13-35(53)14-10-33/h9-20,39-49,51-52H,21-24H2,1-8H3/t39-,40+,41-,42-,43-,44-,45-,46+,47+,48-,49-,51-,52+/m1/s1. The van der Waals surface area contributed by atoms with E-state index in [1.165, 1.54) is 72.5 Å². The summed E-state index contributed by atoms with van der Waals surface area (Å²) < 4.78 is 97.3. The number of carbonyl (C=O) groups excluding carboxylic acids is 9. The zero-order valence-corrected chi connectivity index (χ0v) is 42.5. The Labute approximate surface area is 434 Å². The van der Waals surface area contributed by atoms with Crippen LogP contribution in [0.2, 0.25) is 0 Å². The highest BCUT2D eigenvalue weighted by atomic mass is 19.1. The van der Waals surface area contributed by atoms with Gasteiger partial charge >= 0.3 is 47.8 Å². The lowest BCUT2D eigenvalue weighted by molar-refractivity contribution is -0.354. The van der Waals surface area contributed by atoms with E-state index in [1.54, 1.807) is 12.1 Å². The van der Waals surface area contributed by atoms with Gasteiger partial charge in [0.2, 0.25) is 18.3 Å². The molecule has 3 heterocycles. The minimum Gasteiger partial charge on any atom is -0.463 e. The van der Waals surface area contributed by atoms with Crippen LogP contribution in [-0.2, 0) is 95.3 Å². The molecule has 3 fully saturated rings. The Morgan fingerprint density at radius 2 is 0.974 bits per heavy atom. The van der Waals surface area contributed by atoms with Crippen molar-refractivity contribution < 1.29 is 109 Å². The Morgan fingerprint density at radius 1 is 0.526 bits per heavy atom. The monoisotopic (exact) mass is 1070 g/mol. The fourth-order valence-corrected chi connectivity index (χ4v) is 9.05. The first-order valence-electron chi connectivity index (χ1n) is 23.9. The van der Waals surface area contributed by atoms with Gasteiger partial charge < -0.3 is 61.7 Å². The van der Waals surface area contributed by atoms with E-state index >= 15 is 0 Å². The minimum atomic E-state index is -1.90. The van der Waals surface area contributed by atoms with Gasteiger partial charge in [-0.05, 0) is 72.5 Å². The number of ether oxygens (including phenoxy) is 12. The number of hydrogen-bond acceptors (Lipinski definition) is 21. The molecule has 3 aromatic carbocycles. The maximum Gasteiger partial charge on any atom is 0.303 e. The van der Waals surface area contributed by atoms with Crippen molar-refractivity contribution in [2.45, 2.75) is 142 Å². The van der Waals surface area contributed by atoms with Gasteiger partial charge in [-0.1, -0.05) is 24.3 Å². The third kappa shape index (κ3) is 15.1. The van der Waals surface area contributed by atoms with Gasteiger partial charge in [0.15, 0.2) is 30.7 Å². The summed E-state index contributed by atoms with van der Waals surface area (Å²) in [5.74, 6) is -8.88. The smallest absolute Gasteiger partial charge is 0.303 e. The quantitative estimate of drug-likeness (QED) is 0.0839. The van der Waals surface area contributed by atoms with Crippen LogP contribution in [0.5, 0.6) is 5.75 Å². The van der Waals surface area contributed by atoms with Crippen molar-refractivity contribution in [1.82, 2.24) is 0 Å². The van der Waals surface area contributed by atoms with Crippen molar-refractivity contribution in [1.29, 1.82) is 0 Å². The normalized spacial score (nSPS) is 26.3. The molecule has 0 aromatic heterocycles. The number of anilines is 1. The van der Waals surface area contributed by atoms with Gasteiger partial charge in [-0.25, -0.2) is 8.78 Å². The van der Waals surface area contributed by atoms with Crippen molar-refractivity contribution >= 4 is 59.3 Å². The van der Waals surface area contributed by atoms with Crippen LogP contribution in [0.4, 0.5) is 14.5 Å².